The Morgan fingerprint density at radius 2 is 1.95 bits per heavy atom. The van der Waals surface area contributed by atoms with E-state index in [-0.39, 0.29) is 11.5 Å². The zero-order valence-electron chi connectivity index (χ0n) is 11.1. The molecule has 1 aromatic carbocycles. The lowest BCUT2D eigenvalue weighted by Gasteiger charge is -2.13. The number of carboxylic acid groups (broad SMARTS) is 1. The number of carboxylic acids is 1. The molecule has 0 aliphatic rings. The van der Waals surface area contributed by atoms with E-state index in [2.05, 4.69) is 5.10 Å². The van der Waals surface area contributed by atoms with E-state index < -0.39 is 5.97 Å². The van der Waals surface area contributed by atoms with Crippen LogP contribution in [0.4, 0.5) is 0 Å². The number of ether oxygens (including phenoxy) is 1. The van der Waals surface area contributed by atoms with E-state index in [0.717, 1.165) is 11.4 Å². The quantitative estimate of drug-likeness (QED) is 0.831. The van der Waals surface area contributed by atoms with Gasteiger partial charge in [-0.15, -0.1) is 0 Å². The monoisotopic (exact) mass is 259 g/mol. The zero-order valence-corrected chi connectivity index (χ0v) is 11.1. The molecule has 0 spiro atoms. The lowest BCUT2D eigenvalue weighted by atomic mass is 10.1. The molecule has 0 unspecified atom stereocenters. The first-order valence-electron chi connectivity index (χ1n) is 5.98. The number of aromatic nitrogens is 2. The number of nitrogens with zero attached hydrogens (tertiary/aromatic N) is 2. The Balaban J connectivity index is 2.52. The summed E-state index contributed by atoms with van der Waals surface area (Å²) >= 11 is 0. The van der Waals surface area contributed by atoms with E-state index in [4.69, 9.17) is 4.74 Å². The summed E-state index contributed by atoms with van der Waals surface area (Å²) in [4.78, 5) is 11.1. The van der Waals surface area contributed by atoms with Gasteiger partial charge in [-0.1, -0.05) is 13.8 Å². The van der Waals surface area contributed by atoms with Crippen LogP contribution in [-0.2, 0) is 0 Å². The molecule has 0 aliphatic heterocycles. The van der Waals surface area contributed by atoms with Crippen molar-refractivity contribution in [3.63, 3.8) is 0 Å². The number of rotatable bonds is 4. The van der Waals surface area contributed by atoms with Crippen LogP contribution in [0.15, 0.2) is 30.5 Å². The van der Waals surface area contributed by atoms with Crippen molar-refractivity contribution in [2.75, 3.05) is 7.11 Å². The van der Waals surface area contributed by atoms with Crippen molar-refractivity contribution in [3.8, 4) is 11.4 Å². The molecule has 0 atom stereocenters. The van der Waals surface area contributed by atoms with Crippen molar-refractivity contribution in [1.29, 1.82) is 0 Å². The largest absolute Gasteiger partial charge is 0.545 e. The first-order valence-corrected chi connectivity index (χ1v) is 5.98. The highest BCUT2D eigenvalue weighted by atomic mass is 16.5. The third-order valence-electron chi connectivity index (χ3n) is 2.89. The predicted molar refractivity (Wildman–Crippen MR) is 68.5 cm³/mol. The Labute approximate surface area is 111 Å². The summed E-state index contributed by atoms with van der Waals surface area (Å²) in [5.74, 6) is -0.442. The van der Waals surface area contributed by atoms with Crippen LogP contribution in [0.5, 0.6) is 5.75 Å². The third-order valence-corrected chi connectivity index (χ3v) is 2.89. The van der Waals surface area contributed by atoms with Gasteiger partial charge in [-0.05, 0) is 30.2 Å². The van der Waals surface area contributed by atoms with Crippen molar-refractivity contribution in [1.82, 2.24) is 9.78 Å². The van der Waals surface area contributed by atoms with E-state index in [9.17, 15) is 9.90 Å². The lowest BCUT2D eigenvalue weighted by Crippen LogP contribution is -2.24. The van der Waals surface area contributed by atoms with Gasteiger partial charge < -0.3 is 14.6 Å². The first kappa shape index (κ1) is 13.1. The van der Waals surface area contributed by atoms with Crippen LogP contribution >= 0.6 is 0 Å². The lowest BCUT2D eigenvalue weighted by molar-refractivity contribution is -0.255. The van der Waals surface area contributed by atoms with Gasteiger partial charge in [-0.25, -0.2) is 4.68 Å². The van der Waals surface area contributed by atoms with Crippen LogP contribution in [0.3, 0.4) is 0 Å². The molecule has 5 heteroatoms. The smallest absolute Gasteiger partial charge is 0.119 e. The number of carbonyl (C=O) groups is 1. The Bertz CT molecular complexity index is 585. The van der Waals surface area contributed by atoms with Gasteiger partial charge in [0, 0.05) is 5.56 Å². The molecular weight excluding hydrogens is 244 g/mol. The average molecular weight is 259 g/mol. The van der Waals surface area contributed by atoms with E-state index in [1.165, 1.54) is 6.20 Å². The number of aromatic carboxylic acids is 1. The molecule has 0 N–H and O–H groups in total. The fourth-order valence-corrected chi connectivity index (χ4v) is 2.00. The fraction of sp³-hybridized carbons (Fsp3) is 0.286. The van der Waals surface area contributed by atoms with Gasteiger partial charge in [0.1, 0.15) is 5.75 Å². The summed E-state index contributed by atoms with van der Waals surface area (Å²) in [5.41, 5.74) is 1.55. The number of methoxy groups -OCH3 is 1. The van der Waals surface area contributed by atoms with Crippen LogP contribution in [0, 0.1) is 0 Å². The maximum absolute atomic E-state index is 11.1. The highest BCUT2D eigenvalue weighted by Gasteiger charge is 2.16. The summed E-state index contributed by atoms with van der Waals surface area (Å²) in [6, 6.07) is 7.27. The van der Waals surface area contributed by atoms with Gasteiger partial charge in [-0.3, -0.25) is 0 Å². The van der Waals surface area contributed by atoms with Crippen molar-refractivity contribution in [2.45, 2.75) is 19.8 Å². The molecule has 5 nitrogen and oxygen atoms in total. The average Bonchev–Trinajstić information content (AvgIpc) is 2.83. The van der Waals surface area contributed by atoms with Gasteiger partial charge in [0.05, 0.1) is 30.7 Å². The minimum absolute atomic E-state index is 0.0255. The zero-order chi connectivity index (χ0) is 14.0. The van der Waals surface area contributed by atoms with E-state index in [0.29, 0.717) is 5.69 Å². The summed E-state index contributed by atoms with van der Waals surface area (Å²) in [6.07, 6.45) is 1.33. The predicted octanol–water partition coefficient (Wildman–Crippen LogP) is 1.37. The van der Waals surface area contributed by atoms with Crippen molar-refractivity contribution >= 4 is 5.97 Å². The number of hydrogen-bond acceptors (Lipinski definition) is 4. The van der Waals surface area contributed by atoms with Crippen LogP contribution in [0.25, 0.3) is 5.69 Å². The SMILES string of the molecule is COc1ccc(-n2ncc(C(=O)[O-])c2C(C)C)cc1. The van der Waals surface area contributed by atoms with Gasteiger partial charge in [0.15, 0.2) is 0 Å². The molecule has 2 aromatic rings. The van der Waals surface area contributed by atoms with Gasteiger partial charge >= 0.3 is 0 Å². The summed E-state index contributed by atoms with van der Waals surface area (Å²) in [5, 5.41) is 15.2. The van der Waals surface area contributed by atoms with Crippen molar-refractivity contribution < 1.29 is 14.6 Å². The van der Waals surface area contributed by atoms with Gasteiger partial charge in [-0.2, -0.15) is 5.10 Å². The normalized spacial score (nSPS) is 10.7. The Hall–Kier alpha value is -2.30. The van der Waals surface area contributed by atoms with Crippen LogP contribution in [0.2, 0.25) is 0 Å². The van der Waals surface area contributed by atoms with Crippen LogP contribution in [-0.4, -0.2) is 22.9 Å². The molecular formula is C14H15N2O3-. The number of benzene rings is 1. The fourth-order valence-electron chi connectivity index (χ4n) is 2.00. The molecule has 19 heavy (non-hydrogen) atoms. The van der Waals surface area contributed by atoms with Crippen molar-refractivity contribution in [2.24, 2.45) is 0 Å². The topological polar surface area (TPSA) is 67.2 Å². The molecule has 0 amide bonds. The van der Waals surface area contributed by atoms with Crippen molar-refractivity contribution in [3.05, 3.63) is 41.7 Å². The summed E-state index contributed by atoms with van der Waals surface area (Å²) < 4.78 is 6.71. The van der Waals surface area contributed by atoms with Crippen LogP contribution < -0.4 is 9.84 Å². The molecule has 0 fully saturated rings. The first-order chi connectivity index (χ1) is 9.04. The Morgan fingerprint density at radius 1 is 1.32 bits per heavy atom. The van der Waals surface area contributed by atoms with Gasteiger partial charge in [0.2, 0.25) is 0 Å². The third kappa shape index (κ3) is 2.45. The molecule has 2 rings (SSSR count). The highest BCUT2D eigenvalue weighted by molar-refractivity contribution is 5.87. The van der Waals surface area contributed by atoms with E-state index >= 15 is 0 Å². The van der Waals surface area contributed by atoms with Crippen LogP contribution in [0.1, 0.15) is 35.8 Å². The molecule has 1 aromatic heterocycles. The Kier molecular flexibility index (Phi) is 3.55. The maximum atomic E-state index is 11.1. The number of hydrogen-bond donors (Lipinski definition) is 0. The highest BCUT2D eigenvalue weighted by Crippen LogP contribution is 2.23. The molecule has 1 heterocycles. The minimum atomic E-state index is -1.21. The molecule has 0 radical (unpaired) electrons. The molecule has 0 bridgehead atoms. The van der Waals surface area contributed by atoms with E-state index in [1.54, 1.807) is 23.9 Å². The second kappa shape index (κ2) is 5.14. The molecule has 0 aliphatic carbocycles. The second-order valence-corrected chi connectivity index (χ2v) is 4.50. The molecule has 0 saturated carbocycles. The number of carbonyl (C=O) groups excluding carboxylic acids is 1. The standard InChI is InChI=1S/C14H16N2O3/c1-9(2)13-12(14(17)18)8-15-16(13)10-4-6-11(19-3)7-5-10/h4-9H,1-3H3,(H,17,18)/p-1. The summed E-state index contributed by atoms with van der Waals surface area (Å²) in [7, 11) is 1.59. The minimum Gasteiger partial charge on any atom is -0.545 e. The summed E-state index contributed by atoms with van der Waals surface area (Å²) in [6.45, 7) is 3.84. The molecule has 100 valence electrons. The second-order valence-electron chi connectivity index (χ2n) is 4.50. The Morgan fingerprint density at radius 3 is 2.42 bits per heavy atom. The van der Waals surface area contributed by atoms with E-state index in [1.807, 2.05) is 26.0 Å². The van der Waals surface area contributed by atoms with Gasteiger partial charge in [0.25, 0.3) is 0 Å². The molecule has 0 saturated heterocycles. The maximum Gasteiger partial charge on any atom is 0.119 e.